The normalized spacial score (nSPS) is 11.4. The van der Waals surface area contributed by atoms with E-state index in [-0.39, 0.29) is 13.2 Å². The van der Waals surface area contributed by atoms with Crippen LogP contribution in [0.15, 0.2) is 60.7 Å². The van der Waals surface area contributed by atoms with Gasteiger partial charge in [-0.3, -0.25) is 0 Å². The van der Waals surface area contributed by atoms with Gasteiger partial charge in [-0.05, 0) is 107 Å². The third-order valence-electron chi connectivity index (χ3n) is 5.93. The van der Waals surface area contributed by atoms with Crippen LogP contribution in [-0.2, 0) is 22.3 Å². The third-order valence-corrected chi connectivity index (χ3v) is 5.93. The number of ether oxygens (including phenoxy) is 5. The summed E-state index contributed by atoms with van der Waals surface area (Å²) in [6, 6.07) is 17.5. The van der Waals surface area contributed by atoms with Crippen LogP contribution in [-0.4, -0.2) is 49.7 Å². The number of carbonyl (C=O) groups excluding carboxylic acids is 2. The number of hydrogen-bond acceptors (Lipinski definition) is 8. The summed E-state index contributed by atoms with van der Waals surface area (Å²) in [7, 11) is 1.57. The summed E-state index contributed by atoms with van der Waals surface area (Å²) in [4.78, 5) is 25.1. The van der Waals surface area contributed by atoms with Crippen molar-refractivity contribution in [3.05, 3.63) is 88.5 Å². The maximum atomic E-state index is 12.9. The number of esters is 2. The van der Waals surface area contributed by atoms with E-state index in [4.69, 9.17) is 29.1 Å². The number of benzene rings is 3. The SMILES string of the molecule is COc1ccc(C(=O)OCCc2ccc(CCOC(=O)c3ccc(OC(C)(C)C)c(OC(C)(C)C)c3)c(C=N)c2)cc1. The molecule has 0 radical (unpaired) electrons. The average Bonchev–Trinajstić information content (AvgIpc) is 2.92. The molecule has 0 spiro atoms. The fraction of sp³-hybridized carbons (Fsp3) is 0.382. The van der Waals surface area contributed by atoms with Crippen molar-refractivity contribution in [3.8, 4) is 17.2 Å². The molecule has 0 unspecified atom stereocenters. The number of rotatable bonds is 12. The first-order valence-corrected chi connectivity index (χ1v) is 13.9. The van der Waals surface area contributed by atoms with Crippen molar-refractivity contribution >= 4 is 18.2 Å². The second-order valence-electron chi connectivity index (χ2n) is 11.8. The molecule has 0 saturated carbocycles. The Balaban J connectivity index is 1.56. The summed E-state index contributed by atoms with van der Waals surface area (Å²) in [6.07, 6.45) is 2.22. The van der Waals surface area contributed by atoms with E-state index in [9.17, 15) is 9.59 Å². The summed E-state index contributed by atoms with van der Waals surface area (Å²) in [5.41, 5.74) is 2.43. The van der Waals surface area contributed by atoms with Gasteiger partial charge in [-0.2, -0.15) is 0 Å². The largest absolute Gasteiger partial charge is 0.497 e. The molecule has 0 bridgehead atoms. The summed E-state index contributed by atoms with van der Waals surface area (Å²) in [6.45, 7) is 12.0. The van der Waals surface area contributed by atoms with Gasteiger partial charge < -0.3 is 29.1 Å². The molecular weight excluding hydrogens is 534 g/mol. The molecule has 3 aromatic carbocycles. The highest BCUT2D eigenvalue weighted by Gasteiger charge is 2.22. The van der Waals surface area contributed by atoms with Gasteiger partial charge in [0.25, 0.3) is 0 Å². The molecule has 0 aliphatic heterocycles. The van der Waals surface area contributed by atoms with Crippen LogP contribution in [0.4, 0.5) is 0 Å². The Bertz CT molecular complexity index is 1380. The zero-order chi connectivity index (χ0) is 30.9. The van der Waals surface area contributed by atoms with Crippen LogP contribution in [0, 0.1) is 5.41 Å². The van der Waals surface area contributed by atoms with E-state index in [1.807, 2.05) is 59.7 Å². The zero-order valence-electron chi connectivity index (χ0n) is 25.5. The van der Waals surface area contributed by atoms with Crippen molar-refractivity contribution in [3.63, 3.8) is 0 Å². The first kappa shape index (κ1) is 32.2. The van der Waals surface area contributed by atoms with Gasteiger partial charge in [0, 0.05) is 19.1 Å². The minimum atomic E-state index is -0.480. The van der Waals surface area contributed by atoms with Crippen LogP contribution >= 0.6 is 0 Å². The third kappa shape index (κ3) is 9.94. The van der Waals surface area contributed by atoms with Crippen LogP contribution in [0.3, 0.4) is 0 Å². The van der Waals surface area contributed by atoms with Gasteiger partial charge in [0.1, 0.15) is 17.0 Å². The van der Waals surface area contributed by atoms with Gasteiger partial charge in [0.15, 0.2) is 11.5 Å². The maximum absolute atomic E-state index is 12.9. The van der Waals surface area contributed by atoms with E-state index in [2.05, 4.69) is 0 Å². The summed E-state index contributed by atoms with van der Waals surface area (Å²) >= 11 is 0. The number of hydrogen-bond donors (Lipinski definition) is 1. The van der Waals surface area contributed by atoms with Gasteiger partial charge in [0.05, 0.1) is 31.5 Å². The van der Waals surface area contributed by atoms with Gasteiger partial charge in [-0.15, -0.1) is 0 Å². The van der Waals surface area contributed by atoms with Gasteiger partial charge in [-0.25, -0.2) is 9.59 Å². The molecule has 0 aliphatic carbocycles. The Kier molecular flexibility index (Phi) is 10.8. The molecule has 0 heterocycles. The molecule has 1 N–H and O–H groups in total. The minimum absolute atomic E-state index is 0.147. The van der Waals surface area contributed by atoms with Crippen molar-refractivity contribution in [2.75, 3.05) is 20.3 Å². The Morgan fingerprint density at radius 1 is 0.714 bits per heavy atom. The Morgan fingerprint density at radius 2 is 1.29 bits per heavy atom. The Labute approximate surface area is 248 Å². The molecule has 0 amide bonds. The van der Waals surface area contributed by atoms with Crippen molar-refractivity contribution < 1.29 is 33.3 Å². The predicted molar refractivity (Wildman–Crippen MR) is 162 cm³/mol. The minimum Gasteiger partial charge on any atom is -0.497 e. The van der Waals surface area contributed by atoms with Crippen LogP contribution in [0.25, 0.3) is 0 Å². The first-order chi connectivity index (χ1) is 19.8. The van der Waals surface area contributed by atoms with Crippen LogP contribution < -0.4 is 14.2 Å². The molecule has 224 valence electrons. The molecule has 0 atom stereocenters. The number of methoxy groups -OCH3 is 1. The molecule has 8 heteroatoms. The van der Waals surface area contributed by atoms with Crippen molar-refractivity contribution in [1.29, 1.82) is 5.41 Å². The monoisotopic (exact) mass is 575 g/mol. The summed E-state index contributed by atoms with van der Waals surface area (Å²) < 4.78 is 28.2. The standard InChI is InChI=1S/C34H41NO7/c1-33(2,3)41-29-15-12-26(21-30(29)42-34(4,5)6)32(37)40-19-17-24-9-8-23(20-27(24)22-35)16-18-39-31(36)25-10-13-28(38-7)14-11-25/h8-15,20-22,35H,16-19H2,1-7H3. The molecule has 3 aromatic rings. The predicted octanol–water partition coefficient (Wildman–Crippen LogP) is 6.85. The molecule has 42 heavy (non-hydrogen) atoms. The number of carbonyl (C=O) groups is 2. The van der Waals surface area contributed by atoms with Crippen molar-refractivity contribution in [2.45, 2.75) is 65.6 Å². The maximum Gasteiger partial charge on any atom is 0.338 e. The molecule has 3 rings (SSSR count). The number of nitrogens with one attached hydrogen (secondary N) is 1. The quantitative estimate of drug-likeness (QED) is 0.186. The lowest BCUT2D eigenvalue weighted by molar-refractivity contribution is 0.0498. The summed E-state index contributed by atoms with van der Waals surface area (Å²) in [5, 5.41) is 7.85. The summed E-state index contributed by atoms with van der Waals surface area (Å²) in [5.74, 6) is 0.823. The fourth-order valence-corrected chi connectivity index (χ4v) is 4.03. The molecule has 0 saturated heterocycles. The van der Waals surface area contributed by atoms with E-state index in [1.165, 1.54) is 6.21 Å². The van der Waals surface area contributed by atoms with E-state index >= 15 is 0 Å². The topological polar surface area (TPSA) is 104 Å². The van der Waals surface area contributed by atoms with E-state index in [0.29, 0.717) is 41.2 Å². The molecule has 0 aromatic heterocycles. The van der Waals surface area contributed by atoms with Crippen LogP contribution in [0.5, 0.6) is 17.2 Å². The zero-order valence-corrected chi connectivity index (χ0v) is 25.5. The Hall–Kier alpha value is -4.33. The molecule has 8 nitrogen and oxygen atoms in total. The highest BCUT2D eigenvalue weighted by molar-refractivity contribution is 5.90. The molecule has 0 aliphatic rings. The van der Waals surface area contributed by atoms with Gasteiger partial charge >= 0.3 is 11.9 Å². The van der Waals surface area contributed by atoms with Crippen LogP contribution in [0.1, 0.15) is 78.9 Å². The van der Waals surface area contributed by atoms with E-state index in [0.717, 1.165) is 16.7 Å². The Morgan fingerprint density at radius 3 is 1.88 bits per heavy atom. The molecule has 0 fully saturated rings. The van der Waals surface area contributed by atoms with Crippen molar-refractivity contribution in [1.82, 2.24) is 0 Å². The first-order valence-electron chi connectivity index (χ1n) is 13.9. The van der Waals surface area contributed by atoms with E-state index < -0.39 is 23.1 Å². The van der Waals surface area contributed by atoms with Crippen molar-refractivity contribution in [2.24, 2.45) is 0 Å². The highest BCUT2D eigenvalue weighted by atomic mass is 16.5. The second-order valence-corrected chi connectivity index (χ2v) is 11.8. The second kappa shape index (κ2) is 14.0. The van der Waals surface area contributed by atoms with Crippen LogP contribution in [0.2, 0.25) is 0 Å². The lowest BCUT2D eigenvalue weighted by Gasteiger charge is -2.27. The molecular formula is C34H41NO7. The lowest BCUT2D eigenvalue weighted by Crippen LogP contribution is -2.26. The van der Waals surface area contributed by atoms with Gasteiger partial charge in [0.2, 0.25) is 0 Å². The fourth-order valence-electron chi connectivity index (χ4n) is 4.03. The lowest BCUT2D eigenvalue weighted by atomic mass is 10.0. The average molecular weight is 576 g/mol. The van der Waals surface area contributed by atoms with E-state index in [1.54, 1.807) is 49.6 Å². The highest BCUT2D eigenvalue weighted by Crippen LogP contribution is 2.34. The smallest absolute Gasteiger partial charge is 0.338 e. The van der Waals surface area contributed by atoms with Gasteiger partial charge in [-0.1, -0.05) is 12.1 Å².